The van der Waals surface area contributed by atoms with Gasteiger partial charge in [-0.25, -0.2) is 9.18 Å². The van der Waals surface area contributed by atoms with Crippen molar-refractivity contribution in [1.82, 2.24) is 0 Å². The number of carbonyl (C=O) groups is 1. The Balaban J connectivity index is 2.10. The summed E-state index contributed by atoms with van der Waals surface area (Å²) in [5.74, 6) is -1.97. The fraction of sp³-hybridized carbons (Fsp3) is 0.500. The van der Waals surface area contributed by atoms with E-state index in [9.17, 15) is 9.18 Å². The van der Waals surface area contributed by atoms with E-state index in [1.807, 2.05) is 13.8 Å². The van der Waals surface area contributed by atoms with Crippen molar-refractivity contribution in [2.45, 2.75) is 44.9 Å². The summed E-state index contributed by atoms with van der Waals surface area (Å²) in [5, 5.41) is 12.1. The molecule has 1 aromatic rings. The lowest BCUT2D eigenvalue weighted by Gasteiger charge is -2.33. The molecule has 2 N–H and O–H groups in total. The summed E-state index contributed by atoms with van der Waals surface area (Å²) in [7, 11) is 0. The lowest BCUT2D eigenvalue weighted by atomic mass is 9.99. The van der Waals surface area contributed by atoms with E-state index >= 15 is 0 Å². The largest absolute Gasteiger partial charge is 0.478 e. The molecular formula is C14H18FNO3. The van der Waals surface area contributed by atoms with E-state index < -0.39 is 11.8 Å². The Labute approximate surface area is 111 Å². The lowest BCUT2D eigenvalue weighted by Crippen LogP contribution is -2.36. The molecule has 1 aromatic carbocycles. The summed E-state index contributed by atoms with van der Waals surface area (Å²) in [6, 6.07) is 4.29. The highest BCUT2D eigenvalue weighted by Gasteiger charge is 2.24. The molecule has 5 heteroatoms. The van der Waals surface area contributed by atoms with E-state index in [4.69, 9.17) is 9.84 Å². The SMILES string of the molecule is CC1CC(Nc2ccc(F)c(C(=O)O)c2)CC(C)O1. The molecule has 1 saturated heterocycles. The molecule has 104 valence electrons. The number of aromatic carboxylic acids is 1. The van der Waals surface area contributed by atoms with Gasteiger partial charge in [-0.15, -0.1) is 0 Å². The number of rotatable bonds is 3. The zero-order valence-electron chi connectivity index (χ0n) is 11.0. The maximum absolute atomic E-state index is 13.3. The third kappa shape index (κ3) is 3.44. The molecule has 0 radical (unpaired) electrons. The normalized spacial score (nSPS) is 27.0. The van der Waals surface area contributed by atoms with Gasteiger partial charge >= 0.3 is 5.97 Å². The van der Waals surface area contributed by atoms with Crippen molar-refractivity contribution in [2.75, 3.05) is 5.32 Å². The Kier molecular flexibility index (Phi) is 4.04. The topological polar surface area (TPSA) is 58.6 Å². The highest BCUT2D eigenvalue weighted by atomic mass is 19.1. The Morgan fingerprint density at radius 3 is 2.58 bits per heavy atom. The number of hydrogen-bond acceptors (Lipinski definition) is 3. The van der Waals surface area contributed by atoms with Crippen LogP contribution in [0.1, 0.15) is 37.0 Å². The maximum Gasteiger partial charge on any atom is 0.338 e. The fourth-order valence-electron chi connectivity index (χ4n) is 2.54. The molecule has 1 aliphatic rings. The summed E-state index contributed by atoms with van der Waals surface area (Å²) in [4.78, 5) is 10.9. The Hall–Kier alpha value is -1.62. The van der Waals surface area contributed by atoms with Crippen molar-refractivity contribution in [1.29, 1.82) is 0 Å². The Morgan fingerprint density at radius 2 is 2.00 bits per heavy atom. The van der Waals surface area contributed by atoms with E-state index in [0.29, 0.717) is 5.69 Å². The minimum Gasteiger partial charge on any atom is -0.478 e. The van der Waals surface area contributed by atoms with Crippen LogP contribution in [0.2, 0.25) is 0 Å². The van der Waals surface area contributed by atoms with Gasteiger partial charge in [0.05, 0.1) is 17.8 Å². The number of benzene rings is 1. The number of hydrogen-bond donors (Lipinski definition) is 2. The molecule has 0 saturated carbocycles. The van der Waals surface area contributed by atoms with Gasteiger partial charge in [0.15, 0.2) is 0 Å². The molecular weight excluding hydrogens is 249 g/mol. The minimum atomic E-state index is -1.25. The number of ether oxygens (including phenoxy) is 1. The van der Waals surface area contributed by atoms with E-state index in [0.717, 1.165) is 12.8 Å². The number of carboxylic acids is 1. The van der Waals surface area contributed by atoms with Crippen molar-refractivity contribution >= 4 is 11.7 Å². The van der Waals surface area contributed by atoms with Crippen LogP contribution in [0.15, 0.2) is 18.2 Å². The zero-order valence-corrected chi connectivity index (χ0v) is 11.0. The van der Waals surface area contributed by atoms with Gasteiger partial charge in [0, 0.05) is 11.7 Å². The van der Waals surface area contributed by atoms with Crippen molar-refractivity contribution in [3.05, 3.63) is 29.6 Å². The molecule has 1 fully saturated rings. The van der Waals surface area contributed by atoms with Crippen LogP contribution in [-0.4, -0.2) is 29.3 Å². The van der Waals surface area contributed by atoms with Gasteiger partial charge in [-0.1, -0.05) is 0 Å². The predicted octanol–water partition coefficient (Wildman–Crippen LogP) is 2.89. The van der Waals surface area contributed by atoms with Gasteiger partial charge in [0.1, 0.15) is 5.82 Å². The van der Waals surface area contributed by atoms with Crippen molar-refractivity contribution in [3.63, 3.8) is 0 Å². The predicted molar refractivity (Wildman–Crippen MR) is 70.0 cm³/mol. The number of halogens is 1. The second-order valence-electron chi connectivity index (χ2n) is 5.07. The standard InChI is InChI=1S/C14H18FNO3/c1-8-5-11(6-9(2)19-8)16-10-3-4-13(15)12(7-10)14(17)18/h3-4,7-9,11,16H,5-6H2,1-2H3,(H,17,18). The molecule has 0 spiro atoms. The van der Waals surface area contributed by atoms with E-state index in [1.54, 1.807) is 6.07 Å². The van der Waals surface area contributed by atoms with Crippen molar-refractivity contribution < 1.29 is 19.0 Å². The van der Waals surface area contributed by atoms with Gasteiger partial charge in [0.2, 0.25) is 0 Å². The van der Waals surface area contributed by atoms with Crippen LogP contribution in [0.3, 0.4) is 0 Å². The molecule has 2 rings (SSSR count). The third-order valence-electron chi connectivity index (χ3n) is 3.27. The number of anilines is 1. The summed E-state index contributed by atoms with van der Waals surface area (Å²) < 4.78 is 18.9. The van der Waals surface area contributed by atoms with E-state index in [1.165, 1.54) is 12.1 Å². The Bertz CT molecular complexity index is 468. The second-order valence-corrected chi connectivity index (χ2v) is 5.07. The van der Waals surface area contributed by atoms with Crippen LogP contribution in [0.25, 0.3) is 0 Å². The molecule has 0 bridgehead atoms. The molecule has 4 nitrogen and oxygen atoms in total. The van der Waals surface area contributed by atoms with E-state index in [2.05, 4.69) is 5.32 Å². The maximum atomic E-state index is 13.3. The monoisotopic (exact) mass is 267 g/mol. The van der Waals surface area contributed by atoms with Crippen LogP contribution in [-0.2, 0) is 4.74 Å². The summed E-state index contributed by atoms with van der Waals surface area (Å²) in [6.07, 6.45) is 2.04. The number of nitrogens with one attached hydrogen (secondary N) is 1. The highest BCUT2D eigenvalue weighted by molar-refractivity contribution is 5.89. The third-order valence-corrected chi connectivity index (χ3v) is 3.27. The fourth-order valence-corrected chi connectivity index (χ4v) is 2.54. The highest BCUT2D eigenvalue weighted by Crippen LogP contribution is 2.23. The molecule has 19 heavy (non-hydrogen) atoms. The van der Waals surface area contributed by atoms with Crippen LogP contribution < -0.4 is 5.32 Å². The van der Waals surface area contributed by atoms with Crippen LogP contribution in [0.5, 0.6) is 0 Å². The summed E-state index contributed by atoms with van der Waals surface area (Å²) in [6.45, 7) is 4.02. The van der Waals surface area contributed by atoms with Crippen LogP contribution in [0.4, 0.5) is 10.1 Å². The molecule has 0 aromatic heterocycles. The van der Waals surface area contributed by atoms with Crippen LogP contribution >= 0.6 is 0 Å². The van der Waals surface area contributed by atoms with Gasteiger partial charge in [0.25, 0.3) is 0 Å². The first kappa shape index (κ1) is 13.8. The quantitative estimate of drug-likeness (QED) is 0.884. The average molecular weight is 267 g/mol. The molecule has 2 unspecified atom stereocenters. The van der Waals surface area contributed by atoms with Gasteiger partial charge < -0.3 is 15.2 Å². The molecule has 0 amide bonds. The first-order chi connectivity index (χ1) is 8.95. The summed E-state index contributed by atoms with van der Waals surface area (Å²) in [5.41, 5.74) is 0.322. The molecule has 1 heterocycles. The smallest absolute Gasteiger partial charge is 0.338 e. The molecule has 1 aliphatic heterocycles. The lowest BCUT2D eigenvalue weighted by molar-refractivity contribution is -0.0337. The first-order valence-electron chi connectivity index (χ1n) is 6.40. The second kappa shape index (κ2) is 5.57. The van der Waals surface area contributed by atoms with Gasteiger partial charge in [-0.3, -0.25) is 0 Å². The van der Waals surface area contributed by atoms with Gasteiger partial charge in [-0.05, 0) is 44.9 Å². The first-order valence-corrected chi connectivity index (χ1v) is 6.40. The Morgan fingerprint density at radius 1 is 1.37 bits per heavy atom. The van der Waals surface area contributed by atoms with Crippen molar-refractivity contribution in [2.24, 2.45) is 0 Å². The minimum absolute atomic E-state index is 0.167. The van der Waals surface area contributed by atoms with Gasteiger partial charge in [-0.2, -0.15) is 0 Å². The van der Waals surface area contributed by atoms with Crippen LogP contribution in [0, 0.1) is 5.82 Å². The molecule has 2 atom stereocenters. The van der Waals surface area contributed by atoms with E-state index in [-0.39, 0.29) is 23.8 Å². The van der Waals surface area contributed by atoms with Crippen molar-refractivity contribution in [3.8, 4) is 0 Å². The zero-order chi connectivity index (χ0) is 14.0. The summed E-state index contributed by atoms with van der Waals surface area (Å²) >= 11 is 0. The number of carboxylic acid groups (broad SMARTS) is 1. The molecule has 0 aliphatic carbocycles. The average Bonchev–Trinajstić information content (AvgIpc) is 2.30.